The number of aromatic carboxylic acids is 1. The smallest absolute Gasteiger partial charge is 0.380 e. The predicted octanol–water partition coefficient (Wildman–Crippen LogP) is 3.20. The minimum absolute atomic E-state index is 0. The van der Waals surface area contributed by atoms with E-state index in [0.29, 0.717) is 83.7 Å². The van der Waals surface area contributed by atoms with Crippen molar-refractivity contribution in [3.63, 3.8) is 0 Å². The molecule has 8 rings (SSSR count). The summed E-state index contributed by atoms with van der Waals surface area (Å²) in [5, 5.41) is 107. The third kappa shape index (κ3) is 18.0. The molecule has 2 heterocycles. The van der Waals surface area contributed by atoms with Gasteiger partial charge in [-0.3, -0.25) is 20.0 Å². The van der Waals surface area contributed by atoms with Crippen molar-refractivity contribution in [2.75, 3.05) is 54.6 Å². The topological polar surface area (TPSA) is 309 Å². The van der Waals surface area contributed by atoms with Gasteiger partial charge in [0.1, 0.15) is 0 Å². The zero-order chi connectivity index (χ0) is 57.4. The number of nitrogens with zero attached hydrogens (tertiary/aromatic N) is 4. The summed E-state index contributed by atoms with van der Waals surface area (Å²) in [6.45, 7) is 3.08. The van der Waals surface area contributed by atoms with E-state index in [-0.39, 0.29) is 69.4 Å². The van der Waals surface area contributed by atoms with Crippen LogP contribution in [0.2, 0.25) is 0 Å². The Labute approximate surface area is 481 Å². The Kier molecular flexibility index (Phi) is 33.3. The molecule has 4 aromatic carbocycles. The van der Waals surface area contributed by atoms with Crippen molar-refractivity contribution >= 4 is 59.5 Å². The molecule has 3 aliphatic rings. The van der Waals surface area contributed by atoms with Crippen LogP contribution in [0.3, 0.4) is 0 Å². The molecular weight excluding hydrogens is 1170 g/mol. The zero-order valence-electron chi connectivity index (χ0n) is 42.7. The Morgan fingerprint density at radius 1 is 0.544 bits per heavy atom. The van der Waals surface area contributed by atoms with Crippen LogP contribution in [0.5, 0.6) is 23.0 Å². The second-order valence-electron chi connectivity index (χ2n) is 14.8. The molecule has 26 heteroatoms. The van der Waals surface area contributed by atoms with Gasteiger partial charge in [-0.2, -0.15) is 32.3 Å². The first-order valence-corrected chi connectivity index (χ1v) is 23.4. The molecule has 16 nitrogen and oxygen atoms in total. The van der Waals surface area contributed by atoms with Crippen LogP contribution in [0.25, 0.3) is 5.57 Å². The van der Waals surface area contributed by atoms with E-state index in [0.717, 1.165) is 28.4 Å². The molecule has 0 amide bonds. The van der Waals surface area contributed by atoms with E-state index in [1.807, 2.05) is 0 Å². The maximum Gasteiger partial charge on any atom is 0.380 e. The van der Waals surface area contributed by atoms with Gasteiger partial charge in [-0.1, -0.05) is 97.1 Å². The Morgan fingerprint density at radius 3 is 1.14 bits per heavy atom. The number of benzene rings is 4. The van der Waals surface area contributed by atoms with Crippen molar-refractivity contribution in [3.8, 4) is 23.0 Å². The number of thioether (sulfide) groups is 1. The fourth-order valence-corrected chi connectivity index (χ4v) is 9.33. The summed E-state index contributed by atoms with van der Waals surface area (Å²) in [7, 11) is 4.00. The number of thiophene rings is 1. The zero-order valence-corrected chi connectivity index (χ0v) is 46.7. The van der Waals surface area contributed by atoms with Crippen LogP contribution >= 0.6 is 23.1 Å². The Hall–Kier alpha value is -6.44. The van der Waals surface area contributed by atoms with E-state index in [2.05, 4.69) is 20.0 Å². The number of aliphatic hydroxyl groups excluding tert-OH is 4. The van der Waals surface area contributed by atoms with Crippen LogP contribution in [0.15, 0.2) is 151 Å². The Balaban J connectivity index is 0. The van der Waals surface area contributed by atoms with Crippen molar-refractivity contribution in [3.05, 3.63) is 176 Å². The number of rotatable bonds is 11. The summed E-state index contributed by atoms with van der Waals surface area (Å²) in [5.74, 6) is -20.2. The fraction of sp³-hybridized carbons (Fsp3) is 0.245. The third-order valence-corrected chi connectivity index (χ3v) is 13.0. The number of carbonyl (C=O) groups is 1. The second-order valence-corrected chi connectivity index (χ2v) is 17.3. The maximum absolute atomic E-state index is 14.5. The first-order chi connectivity index (χ1) is 36.2. The number of hydrogen-bond donors (Lipinski definition) is 4. The van der Waals surface area contributed by atoms with Crippen molar-refractivity contribution in [2.24, 2.45) is 20.0 Å². The number of para-hydroxylation sites is 4. The molecular formula is C53H52F6Mn2N4O12S2-8. The number of carboxylic acid groups (broad SMARTS) is 1. The minimum Gasteiger partial charge on any atom is -0.883 e. The van der Waals surface area contributed by atoms with Gasteiger partial charge in [0.2, 0.25) is 0 Å². The number of halogens is 6. The Bertz CT molecular complexity index is 2710. The van der Waals surface area contributed by atoms with Crippen molar-refractivity contribution in [2.45, 2.75) is 29.4 Å². The molecule has 0 saturated carbocycles. The SMILES string of the molecule is CO.CO.CO.CO.C[C@@]12SC(=C([O-])[O-])C=C1C1=C(c3cc(C(=O)[O-])sc32)C(F)(F)C(F)(F)C1(F)F.[CH3-].[Mn].[Mn].[O-]c1ccccc1C=NCCN=Cc1ccccc1[O-].[O-]c1ccccc1C=NCCN=Cc1ccccc1[O-]. The number of alkyl halides is 6. The van der Waals surface area contributed by atoms with Crippen LogP contribution in [-0.2, 0) is 38.9 Å². The monoisotopic (exact) mass is 1220 g/mol. The molecule has 5 aromatic rings. The van der Waals surface area contributed by atoms with Gasteiger partial charge in [-0.25, -0.2) is 0 Å². The molecule has 79 heavy (non-hydrogen) atoms. The van der Waals surface area contributed by atoms with E-state index in [1.54, 1.807) is 97.7 Å². The first-order valence-electron chi connectivity index (χ1n) is 21.8. The van der Waals surface area contributed by atoms with Crippen molar-refractivity contribution in [1.82, 2.24) is 0 Å². The fourth-order valence-electron chi connectivity index (χ4n) is 6.85. The average Bonchev–Trinajstić information content (AvgIpc) is 4.06. The number of carboxylic acids is 1. The summed E-state index contributed by atoms with van der Waals surface area (Å²) in [4.78, 5) is 26.2. The van der Waals surface area contributed by atoms with E-state index in [1.165, 1.54) is 31.2 Å². The minimum atomic E-state index is -5.80. The number of allylic oxidation sites excluding steroid dienone is 3. The quantitative estimate of drug-likeness (QED) is 0.0369. The number of hydrogen-bond acceptors (Lipinski definition) is 18. The molecule has 0 bridgehead atoms. The van der Waals surface area contributed by atoms with Gasteiger partial charge in [0.15, 0.2) is 0 Å². The summed E-state index contributed by atoms with van der Waals surface area (Å²) in [5.41, 5.74) is -2.64. The van der Waals surface area contributed by atoms with Gasteiger partial charge in [0, 0.05) is 109 Å². The summed E-state index contributed by atoms with van der Waals surface area (Å²) in [6, 6.07) is 27.5. The molecule has 2 radical (unpaired) electrons. The van der Waals surface area contributed by atoms with Gasteiger partial charge in [0.05, 0.1) is 41.8 Å². The molecule has 2 aliphatic carbocycles. The standard InChI is InChI=1S/C16H8F6O4S2.2C16H16N2O2.4CH4O.CH3.2Mn/c1-13-5(3-7(28-13)12(25)26)9-8(4-2-6(11(23)24)27-10(4)13)14(17,18)16(21,22)15(9,19)20;2*19-15-7-3-1-5-13(15)11-17-9-10-18-12-14-6-2-4-8-16(14)20;4*1-2;;;/h2-3,25-26H,1H3,(H,23,24);2*1-8,11-12,19-20H,9-10H2;4*2H,1H3;1H3;;/q;;;;;;;-1;;/p-7/t13-;;;;;;;;;/m1........./s1. The summed E-state index contributed by atoms with van der Waals surface area (Å²) in [6.07, 6.45) is 6.82. The van der Waals surface area contributed by atoms with Crippen LogP contribution in [0.4, 0.5) is 26.3 Å². The maximum atomic E-state index is 14.5. The van der Waals surface area contributed by atoms with Crippen LogP contribution < -0.4 is 35.7 Å². The van der Waals surface area contributed by atoms with Crippen molar-refractivity contribution in [1.29, 1.82) is 0 Å². The third-order valence-electron chi connectivity index (χ3n) is 10.2. The van der Waals surface area contributed by atoms with E-state index < -0.39 is 66.5 Å². The van der Waals surface area contributed by atoms with Crippen LogP contribution in [-0.4, -0.2) is 124 Å². The number of aliphatic imine (C=N–C) groups is 4. The van der Waals surface area contributed by atoms with Gasteiger partial charge < -0.3 is 68.4 Å². The molecule has 0 unspecified atom stereocenters. The second kappa shape index (κ2) is 35.2. The normalized spacial score (nSPS) is 16.2. The number of aliphatic hydroxyl groups is 4. The number of fused-ring (bicyclic) bond motifs is 5. The molecule has 0 spiro atoms. The first kappa shape index (κ1) is 74.6. The number of carbonyl (C=O) groups excluding carboxylic acids is 1. The van der Waals surface area contributed by atoms with E-state index in [9.17, 15) is 66.9 Å². The van der Waals surface area contributed by atoms with Crippen LogP contribution in [0.1, 0.15) is 49.3 Å². The summed E-state index contributed by atoms with van der Waals surface area (Å²) < 4.78 is 84.3. The molecule has 0 saturated heterocycles. The largest absolute Gasteiger partial charge is 0.883 e. The predicted molar refractivity (Wildman–Crippen MR) is 273 cm³/mol. The van der Waals surface area contributed by atoms with Gasteiger partial charge >= 0.3 is 17.8 Å². The van der Waals surface area contributed by atoms with Gasteiger partial charge in [-0.15, -0.1) is 46.1 Å². The van der Waals surface area contributed by atoms with E-state index >= 15 is 0 Å². The molecule has 1 aliphatic heterocycles. The molecule has 1 aromatic heterocycles. The summed E-state index contributed by atoms with van der Waals surface area (Å²) >= 11 is 0.799. The van der Waals surface area contributed by atoms with E-state index in [4.69, 9.17) is 20.4 Å². The average molecular weight is 1230 g/mol. The molecule has 0 fully saturated rings. The molecule has 1 atom stereocenters. The Morgan fingerprint density at radius 2 is 0.848 bits per heavy atom. The van der Waals surface area contributed by atoms with Gasteiger partial charge in [0.25, 0.3) is 0 Å². The van der Waals surface area contributed by atoms with Crippen LogP contribution in [0, 0.1) is 7.43 Å². The molecule has 432 valence electrons. The van der Waals surface area contributed by atoms with Gasteiger partial charge in [-0.05, 0) is 51.8 Å². The van der Waals surface area contributed by atoms with Crippen molar-refractivity contribution < 1.29 is 121 Å². The molecule has 4 N–H and O–H groups in total.